The number of rotatable bonds is 4. The van der Waals surface area contributed by atoms with E-state index in [0.717, 1.165) is 17.9 Å². The van der Waals surface area contributed by atoms with Crippen molar-refractivity contribution in [2.45, 2.75) is 62.7 Å². The summed E-state index contributed by atoms with van der Waals surface area (Å²) in [5, 5.41) is 0. The zero-order valence-electron chi connectivity index (χ0n) is 9.25. The average molecular weight is 213 g/mol. The Bertz CT molecular complexity index is 144. The molecule has 0 unspecified atom stereocenters. The van der Waals surface area contributed by atoms with Gasteiger partial charge >= 0.3 is 0 Å². The molecule has 0 aromatic heterocycles. The minimum atomic E-state index is 0.312. The summed E-state index contributed by atoms with van der Waals surface area (Å²) in [5.41, 5.74) is 8.00. The molecule has 2 N–H and O–H groups in total. The van der Waals surface area contributed by atoms with Crippen molar-refractivity contribution in [3.05, 3.63) is 0 Å². The Hall–Kier alpha value is 0.390. The highest BCUT2D eigenvalue weighted by molar-refractivity contribution is 7.59. The highest BCUT2D eigenvalue weighted by Crippen LogP contribution is 2.56. The van der Waals surface area contributed by atoms with Gasteiger partial charge in [0.15, 0.2) is 0 Å². The van der Waals surface area contributed by atoms with Gasteiger partial charge in [0.05, 0.1) is 0 Å². The fraction of sp³-hybridized carbons (Fsp3) is 1.00. The van der Waals surface area contributed by atoms with Gasteiger partial charge in [0, 0.05) is 0 Å². The van der Waals surface area contributed by atoms with Crippen molar-refractivity contribution in [3.63, 3.8) is 0 Å². The third-order valence-corrected chi connectivity index (χ3v) is 7.66. The Morgan fingerprint density at radius 1 is 0.857 bits per heavy atom. The van der Waals surface area contributed by atoms with E-state index in [4.69, 9.17) is 5.73 Å². The van der Waals surface area contributed by atoms with Gasteiger partial charge in [-0.1, -0.05) is 33.6 Å². The summed E-state index contributed by atoms with van der Waals surface area (Å²) in [6.07, 6.45) is 13.5. The van der Waals surface area contributed by atoms with Crippen LogP contribution in [0.25, 0.3) is 0 Å². The molecule has 0 bridgehead atoms. The minimum absolute atomic E-state index is 0.312. The van der Waals surface area contributed by atoms with Crippen molar-refractivity contribution in [2.75, 3.05) is 12.7 Å². The number of hydrogen-bond acceptors (Lipinski definition) is 1. The maximum Gasteiger partial charge on any atom is -0.00377 e. The van der Waals surface area contributed by atoms with Crippen molar-refractivity contribution in [1.82, 2.24) is 0 Å². The largest absolute Gasteiger partial charge is 0.330 e. The predicted octanol–water partition coefficient (Wildman–Crippen LogP) is 3.31. The van der Waals surface area contributed by atoms with E-state index in [2.05, 4.69) is 0 Å². The Balaban J connectivity index is 1.91. The monoisotopic (exact) mass is 213 g/mol. The molecule has 2 fully saturated rings. The molecule has 2 aliphatic rings. The molecule has 82 valence electrons. The van der Waals surface area contributed by atoms with Crippen molar-refractivity contribution >= 4 is 7.92 Å². The second kappa shape index (κ2) is 5.47. The van der Waals surface area contributed by atoms with Crippen molar-refractivity contribution in [1.29, 1.82) is 0 Å². The topological polar surface area (TPSA) is 26.0 Å². The fourth-order valence-corrected chi connectivity index (χ4v) is 6.97. The van der Waals surface area contributed by atoms with E-state index in [1.165, 1.54) is 57.5 Å². The molecular weight excluding hydrogens is 189 g/mol. The van der Waals surface area contributed by atoms with Gasteiger partial charge in [-0.15, -0.1) is 0 Å². The van der Waals surface area contributed by atoms with Gasteiger partial charge in [0.25, 0.3) is 0 Å². The van der Waals surface area contributed by atoms with Crippen LogP contribution in [0.5, 0.6) is 0 Å². The van der Waals surface area contributed by atoms with Crippen molar-refractivity contribution < 1.29 is 0 Å². The van der Waals surface area contributed by atoms with E-state index in [0.29, 0.717) is 7.92 Å². The van der Waals surface area contributed by atoms with Crippen LogP contribution in [-0.4, -0.2) is 24.0 Å². The van der Waals surface area contributed by atoms with Crippen LogP contribution in [0.2, 0.25) is 0 Å². The molecule has 0 radical (unpaired) electrons. The summed E-state index contributed by atoms with van der Waals surface area (Å²) in [7, 11) is 0.312. The molecule has 2 heteroatoms. The maximum absolute atomic E-state index is 5.78. The second-order valence-corrected chi connectivity index (χ2v) is 7.84. The second-order valence-electron chi connectivity index (χ2n) is 4.90. The zero-order chi connectivity index (χ0) is 9.80. The predicted molar refractivity (Wildman–Crippen MR) is 65.4 cm³/mol. The Kier molecular flexibility index (Phi) is 4.25. The molecule has 0 aromatic carbocycles. The highest BCUT2D eigenvalue weighted by Gasteiger charge is 2.31. The number of nitrogens with two attached hydrogens (primary N) is 1. The molecule has 14 heavy (non-hydrogen) atoms. The van der Waals surface area contributed by atoms with E-state index < -0.39 is 0 Å². The molecule has 2 rings (SSSR count). The lowest BCUT2D eigenvalue weighted by molar-refractivity contribution is 0.821. The SMILES string of the molecule is NCCP(C1CCCC1)C1CCCC1. The summed E-state index contributed by atoms with van der Waals surface area (Å²) >= 11 is 0. The molecule has 0 saturated heterocycles. The molecule has 0 aliphatic heterocycles. The molecule has 1 nitrogen and oxygen atoms in total. The molecule has 0 aromatic rings. The van der Waals surface area contributed by atoms with Gasteiger partial charge in [-0.25, -0.2) is 0 Å². The van der Waals surface area contributed by atoms with Crippen LogP contribution in [0.15, 0.2) is 0 Å². The van der Waals surface area contributed by atoms with Crippen LogP contribution in [0, 0.1) is 0 Å². The standard InChI is InChI=1S/C12H24NP/c13-9-10-14(11-5-1-2-6-11)12-7-3-4-8-12/h11-12H,1-10,13H2. The fourth-order valence-electron chi connectivity index (χ4n) is 3.28. The van der Waals surface area contributed by atoms with Gasteiger partial charge < -0.3 is 5.73 Å². The summed E-state index contributed by atoms with van der Waals surface area (Å²) < 4.78 is 0. The van der Waals surface area contributed by atoms with Gasteiger partial charge in [-0.3, -0.25) is 0 Å². The molecule has 0 atom stereocenters. The van der Waals surface area contributed by atoms with Crippen LogP contribution in [0.3, 0.4) is 0 Å². The quantitative estimate of drug-likeness (QED) is 0.712. The third-order valence-electron chi connectivity index (χ3n) is 3.97. The normalized spacial score (nSPS) is 25.3. The molecule has 0 heterocycles. The molecular formula is C12H24NP. The van der Waals surface area contributed by atoms with Crippen LogP contribution in [0.4, 0.5) is 0 Å². The van der Waals surface area contributed by atoms with Crippen molar-refractivity contribution in [3.8, 4) is 0 Å². The van der Waals surface area contributed by atoms with E-state index in [-0.39, 0.29) is 0 Å². The Morgan fingerprint density at radius 2 is 1.29 bits per heavy atom. The first-order valence-electron chi connectivity index (χ1n) is 6.37. The molecule has 2 aliphatic carbocycles. The average Bonchev–Trinajstić information content (AvgIpc) is 2.87. The van der Waals surface area contributed by atoms with Crippen LogP contribution in [0.1, 0.15) is 51.4 Å². The lowest BCUT2D eigenvalue weighted by atomic mass is 10.4. The van der Waals surface area contributed by atoms with Gasteiger partial charge in [-0.2, -0.15) is 0 Å². The highest BCUT2D eigenvalue weighted by atomic mass is 31.1. The maximum atomic E-state index is 5.78. The van der Waals surface area contributed by atoms with Gasteiger partial charge in [0.2, 0.25) is 0 Å². The Morgan fingerprint density at radius 3 is 1.64 bits per heavy atom. The van der Waals surface area contributed by atoms with E-state index >= 15 is 0 Å². The van der Waals surface area contributed by atoms with Crippen LogP contribution < -0.4 is 5.73 Å². The van der Waals surface area contributed by atoms with Crippen LogP contribution in [-0.2, 0) is 0 Å². The van der Waals surface area contributed by atoms with Gasteiger partial charge in [-0.05, 0) is 49.7 Å². The summed E-state index contributed by atoms with van der Waals surface area (Å²) in [4.78, 5) is 0. The first-order chi connectivity index (χ1) is 6.92. The third kappa shape index (κ3) is 2.49. The van der Waals surface area contributed by atoms with Crippen molar-refractivity contribution in [2.24, 2.45) is 5.73 Å². The molecule has 2 saturated carbocycles. The minimum Gasteiger partial charge on any atom is -0.330 e. The first-order valence-corrected chi connectivity index (χ1v) is 8.04. The Labute approximate surface area is 89.6 Å². The lowest BCUT2D eigenvalue weighted by Crippen LogP contribution is -2.17. The zero-order valence-corrected chi connectivity index (χ0v) is 10.1. The van der Waals surface area contributed by atoms with E-state index in [9.17, 15) is 0 Å². The summed E-state index contributed by atoms with van der Waals surface area (Å²) in [5.74, 6) is 0. The van der Waals surface area contributed by atoms with E-state index in [1.807, 2.05) is 0 Å². The summed E-state index contributed by atoms with van der Waals surface area (Å²) in [6, 6.07) is 0. The van der Waals surface area contributed by atoms with Crippen LogP contribution >= 0.6 is 7.92 Å². The molecule has 0 amide bonds. The first kappa shape index (κ1) is 10.9. The smallest absolute Gasteiger partial charge is 0.00377 e. The lowest BCUT2D eigenvalue weighted by Gasteiger charge is -2.29. The molecule has 0 spiro atoms. The van der Waals surface area contributed by atoms with E-state index in [1.54, 1.807) is 0 Å². The van der Waals surface area contributed by atoms with Gasteiger partial charge in [0.1, 0.15) is 0 Å². The summed E-state index contributed by atoms with van der Waals surface area (Å²) in [6.45, 7) is 0.943. The number of hydrogen-bond donors (Lipinski definition) is 1.